The third kappa shape index (κ3) is 3.56. The van der Waals surface area contributed by atoms with E-state index in [-0.39, 0.29) is 23.2 Å². The van der Waals surface area contributed by atoms with Gasteiger partial charge in [-0.1, -0.05) is 24.3 Å². The number of carbonyl (C=O) groups is 2. The molecule has 1 atom stereocenters. The van der Waals surface area contributed by atoms with Crippen molar-refractivity contribution >= 4 is 17.4 Å². The third-order valence-electron chi connectivity index (χ3n) is 5.52. The Balaban J connectivity index is 1.96. The van der Waals surface area contributed by atoms with Gasteiger partial charge in [-0.3, -0.25) is 9.59 Å². The summed E-state index contributed by atoms with van der Waals surface area (Å²) in [5.74, 6) is -1.96. The second-order valence-corrected chi connectivity index (χ2v) is 7.69. The molecule has 1 amide bonds. The number of aliphatic hydroxyl groups is 1. The SMILES string of the molecule is COc1c(C)cc(C)cc1/C(O)=C1\C(=O)C(=O)N(Cc2ccco2)C1c1ccccc1F. The van der Waals surface area contributed by atoms with Crippen molar-refractivity contribution in [2.75, 3.05) is 7.11 Å². The highest BCUT2D eigenvalue weighted by molar-refractivity contribution is 6.46. The predicted molar refractivity (Wildman–Crippen MR) is 115 cm³/mol. The number of nitrogens with zero attached hydrogens (tertiary/aromatic N) is 1. The molecule has 32 heavy (non-hydrogen) atoms. The molecule has 1 unspecified atom stereocenters. The summed E-state index contributed by atoms with van der Waals surface area (Å²) in [5.41, 5.74) is 1.75. The lowest BCUT2D eigenvalue weighted by Crippen LogP contribution is -2.29. The number of Topliss-reactive ketones (excluding diaryl/α,β-unsaturated/α-hetero) is 1. The molecule has 4 rings (SSSR count). The molecule has 1 aliphatic rings. The number of likely N-dealkylation sites (tertiary alicyclic amines) is 1. The van der Waals surface area contributed by atoms with Crippen LogP contribution in [0.1, 0.15) is 34.1 Å². The van der Waals surface area contributed by atoms with E-state index in [1.54, 1.807) is 24.3 Å². The minimum Gasteiger partial charge on any atom is -0.507 e. The number of hydrogen-bond acceptors (Lipinski definition) is 5. The standard InChI is InChI=1S/C25H22FNO5/c1-14-11-15(2)24(31-3)18(12-14)22(28)20-21(17-8-4-5-9-19(17)26)27(25(30)23(20)29)13-16-7-6-10-32-16/h4-12,21,28H,13H2,1-3H3/b22-20+. The van der Waals surface area contributed by atoms with Gasteiger partial charge in [0.05, 0.1) is 37.1 Å². The second-order valence-electron chi connectivity index (χ2n) is 7.69. The maximum Gasteiger partial charge on any atom is 0.296 e. The van der Waals surface area contributed by atoms with Gasteiger partial charge in [0.1, 0.15) is 23.1 Å². The fraction of sp³-hybridized carbons (Fsp3) is 0.200. The van der Waals surface area contributed by atoms with Crippen LogP contribution < -0.4 is 4.74 Å². The zero-order valence-corrected chi connectivity index (χ0v) is 17.9. The Kier molecular flexibility index (Phi) is 5.57. The first kappa shape index (κ1) is 21.4. The molecule has 7 heteroatoms. The van der Waals surface area contributed by atoms with E-state index in [2.05, 4.69) is 0 Å². The molecule has 2 aromatic carbocycles. The van der Waals surface area contributed by atoms with Crippen molar-refractivity contribution in [3.8, 4) is 5.75 Å². The fourth-order valence-corrected chi connectivity index (χ4v) is 4.18. The van der Waals surface area contributed by atoms with Crippen LogP contribution in [0.25, 0.3) is 5.76 Å². The van der Waals surface area contributed by atoms with Crippen LogP contribution in [0.4, 0.5) is 4.39 Å². The number of aliphatic hydroxyl groups excluding tert-OH is 1. The Labute approximate surface area is 184 Å². The summed E-state index contributed by atoms with van der Waals surface area (Å²) < 4.78 is 25.7. The van der Waals surface area contributed by atoms with Crippen LogP contribution in [0, 0.1) is 19.7 Å². The molecule has 3 aromatic rings. The van der Waals surface area contributed by atoms with E-state index in [0.29, 0.717) is 11.5 Å². The highest BCUT2D eigenvalue weighted by Crippen LogP contribution is 2.43. The van der Waals surface area contributed by atoms with E-state index < -0.39 is 29.3 Å². The van der Waals surface area contributed by atoms with Crippen molar-refractivity contribution in [1.82, 2.24) is 4.90 Å². The molecule has 0 bridgehead atoms. The molecule has 1 aromatic heterocycles. The molecular formula is C25H22FNO5. The lowest BCUT2D eigenvalue weighted by Gasteiger charge is -2.25. The molecule has 0 radical (unpaired) electrons. The number of ketones is 1. The summed E-state index contributed by atoms with van der Waals surface area (Å²) in [4.78, 5) is 27.3. The van der Waals surface area contributed by atoms with Crippen LogP contribution >= 0.6 is 0 Å². The van der Waals surface area contributed by atoms with E-state index in [0.717, 1.165) is 11.1 Å². The minimum absolute atomic E-state index is 0.0582. The average Bonchev–Trinajstić information content (AvgIpc) is 3.36. The first-order chi connectivity index (χ1) is 15.3. The lowest BCUT2D eigenvalue weighted by atomic mass is 9.93. The van der Waals surface area contributed by atoms with E-state index in [1.807, 2.05) is 19.9 Å². The van der Waals surface area contributed by atoms with Crippen LogP contribution in [-0.2, 0) is 16.1 Å². The highest BCUT2D eigenvalue weighted by atomic mass is 19.1. The number of carbonyl (C=O) groups excluding carboxylic acids is 2. The molecule has 0 saturated carbocycles. The van der Waals surface area contributed by atoms with E-state index >= 15 is 0 Å². The Bertz CT molecular complexity index is 1230. The van der Waals surface area contributed by atoms with Gasteiger partial charge >= 0.3 is 0 Å². The Morgan fingerprint density at radius 1 is 1.16 bits per heavy atom. The van der Waals surface area contributed by atoms with Crippen molar-refractivity contribution in [2.24, 2.45) is 0 Å². The summed E-state index contributed by atoms with van der Waals surface area (Å²) >= 11 is 0. The van der Waals surface area contributed by atoms with Gasteiger partial charge in [-0.2, -0.15) is 0 Å². The number of aryl methyl sites for hydroxylation is 2. The first-order valence-electron chi connectivity index (χ1n) is 10.0. The zero-order chi connectivity index (χ0) is 23.0. The zero-order valence-electron chi connectivity index (χ0n) is 17.9. The van der Waals surface area contributed by atoms with Crippen LogP contribution in [0.15, 0.2) is 64.8 Å². The van der Waals surface area contributed by atoms with Crippen molar-refractivity contribution in [3.05, 3.63) is 94.2 Å². The quantitative estimate of drug-likeness (QED) is 0.358. The summed E-state index contributed by atoms with van der Waals surface area (Å²) in [6.45, 7) is 3.59. The number of amides is 1. The lowest BCUT2D eigenvalue weighted by molar-refractivity contribution is -0.140. The van der Waals surface area contributed by atoms with Gasteiger partial charge in [-0.05, 0) is 49.2 Å². The maximum absolute atomic E-state index is 14.9. The average molecular weight is 435 g/mol. The molecule has 1 aliphatic heterocycles. The van der Waals surface area contributed by atoms with Gasteiger partial charge < -0.3 is 19.2 Å². The molecule has 0 spiro atoms. The van der Waals surface area contributed by atoms with Crippen molar-refractivity contribution < 1.29 is 28.2 Å². The molecule has 1 saturated heterocycles. The van der Waals surface area contributed by atoms with E-state index in [4.69, 9.17) is 9.15 Å². The molecule has 1 fully saturated rings. The molecule has 6 nitrogen and oxygen atoms in total. The number of hydrogen-bond donors (Lipinski definition) is 1. The van der Waals surface area contributed by atoms with Crippen LogP contribution in [0.3, 0.4) is 0 Å². The topological polar surface area (TPSA) is 80.0 Å². The van der Waals surface area contributed by atoms with Gasteiger partial charge in [0.25, 0.3) is 11.7 Å². The number of halogens is 1. The van der Waals surface area contributed by atoms with E-state index in [9.17, 15) is 19.1 Å². The highest BCUT2D eigenvalue weighted by Gasteiger charge is 2.47. The van der Waals surface area contributed by atoms with Gasteiger partial charge in [-0.15, -0.1) is 0 Å². The van der Waals surface area contributed by atoms with Gasteiger partial charge in [0.2, 0.25) is 0 Å². The Morgan fingerprint density at radius 3 is 2.56 bits per heavy atom. The van der Waals surface area contributed by atoms with Crippen LogP contribution in [-0.4, -0.2) is 28.8 Å². The summed E-state index contributed by atoms with van der Waals surface area (Å²) in [7, 11) is 1.46. The normalized spacial score (nSPS) is 17.8. The predicted octanol–water partition coefficient (Wildman–Crippen LogP) is 4.67. The van der Waals surface area contributed by atoms with Crippen molar-refractivity contribution in [2.45, 2.75) is 26.4 Å². The monoisotopic (exact) mass is 435 g/mol. The molecule has 164 valence electrons. The Morgan fingerprint density at radius 2 is 1.91 bits per heavy atom. The van der Waals surface area contributed by atoms with Crippen LogP contribution in [0.2, 0.25) is 0 Å². The largest absolute Gasteiger partial charge is 0.507 e. The summed E-state index contributed by atoms with van der Waals surface area (Å²) in [6.07, 6.45) is 1.45. The van der Waals surface area contributed by atoms with Gasteiger partial charge in [0.15, 0.2) is 0 Å². The number of methoxy groups -OCH3 is 1. The number of ether oxygens (including phenoxy) is 1. The number of furan rings is 1. The van der Waals surface area contributed by atoms with Crippen molar-refractivity contribution in [1.29, 1.82) is 0 Å². The van der Waals surface area contributed by atoms with E-state index in [1.165, 1.54) is 36.5 Å². The first-order valence-corrected chi connectivity index (χ1v) is 10.0. The smallest absolute Gasteiger partial charge is 0.296 e. The van der Waals surface area contributed by atoms with Gasteiger partial charge in [0, 0.05) is 5.56 Å². The van der Waals surface area contributed by atoms with Crippen LogP contribution in [0.5, 0.6) is 5.75 Å². The second kappa shape index (κ2) is 8.34. The fourth-order valence-electron chi connectivity index (χ4n) is 4.18. The Hall–Kier alpha value is -3.87. The summed E-state index contributed by atoms with van der Waals surface area (Å²) in [6, 6.07) is 11.6. The minimum atomic E-state index is -1.13. The molecule has 1 N–H and O–H groups in total. The van der Waals surface area contributed by atoms with Crippen molar-refractivity contribution in [3.63, 3.8) is 0 Å². The molecule has 0 aliphatic carbocycles. The number of benzene rings is 2. The van der Waals surface area contributed by atoms with Gasteiger partial charge in [-0.25, -0.2) is 4.39 Å². The third-order valence-corrected chi connectivity index (χ3v) is 5.52. The number of rotatable bonds is 5. The maximum atomic E-state index is 14.9. The molecular weight excluding hydrogens is 413 g/mol. The summed E-state index contributed by atoms with van der Waals surface area (Å²) in [5, 5.41) is 11.3. The molecule has 2 heterocycles.